The zero-order chi connectivity index (χ0) is 7.11. The van der Waals surface area contributed by atoms with Crippen LogP contribution in [-0.2, 0) is 9.47 Å². The van der Waals surface area contributed by atoms with E-state index in [2.05, 4.69) is 26.7 Å². The van der Waals surface area contributed by atoms with Gasteiger partial charge in [-0.2, -0.15) is 0 Å². The quantitative estimate of drug-likeness (QED) is 0.497. The Morgan fingerprint density at radius 1 is 1.44 bits per heavy atom. The summed E-state index contributed by atoms with van der Waals surface area (Å²) in [5, 5.41) is 0. The maximum absolute atomic E-state index is 4.86. The average molecular weight is 193 g/mol. The van der Waals surface area contributed by atoms with Crippen molar-refractivity contribution in [1.29, 1.82) is 0 Å². The molecule has 0 aliphatic rings. The minimum Gasteiger partial charge on any atom is -0.355 e. The van der Waals surface area contributed by atoms with E-state index in [0.717, 1.165) is 0 Å². The van der Waals surface area contributed by atoms with Crippen molar-refractivity contribution in [2.75, 3.05) is 14.2 Å². The molecule has 3 heteroatoms. The van der Waals surface area contributed by atoms with Crippen LogP contribution in [0.1, 0.15) is 6.42 Å². The molecule has 0 unspecified atom stereocenters. The molecule has 2 nitrogen and oxygen atoms in total. The smallest absolute Gasteiger partial charge is 0.167 e. The third kappa shape index (κ3) is 4.46. The second kappa shape index (κ2) is 6.09. The first-order valence-corrected chi connectivity index (χ1v) is 3.28. The Morgan fingerprint density at radius 2 is 2.00 bits per heavy atom. The minimum atomic E-state index is -0.199. The molecule has 0 rings (SSSR count). The van der Waals surface area contributed by atoms with Crippen LogP contribution in [0.3, 0.4) is 0 Å². The van der Waals surface area contributed by atoms with E-state index in [1.165, 1.54) is 0 Å². The first-order chi connectivity index (χ1) is 4.35. The summed E-state index contributed by atoms with van der Waals surface area (Å²) in [5.41, 5.74) is 0. The topological polar surface area (TPSA) is 18.5 Å². The van der Waals surface area contributed by atoms with Crippen molar-refractivity contribution in [3.8, 4) is 10.8 Å². The van der Waals surface area contributed by atoms with Crippen molar-refractivity contribution in [1.82, 2.24) is 0 Å². The molecule has 0 saturated heterocycles. The predicted octanol–water partition coefficient (Wildman–Crippen LogP) is 1.35. The molecule has 0 atom stereocenters. The van der Waals surface area contributed by atoms with Crippen LogP contribution in [0.25, 0.3) is 0 Å². The van der Waals surface area contributed by atoms with Crippen molar-refractivity contribution >= 4 is 15.9 Å². The maximum Gasteiger partial charge on any atom is 0.167 e. The van der Waals surface area contributed by atoms with Crippen LogP contribution in [-0.4, -0.2) is 20.5 Å². The lowest BCUT2D eigenvalue weighted by atomic mass is 10.4. The largest absolute Gasteiger partial charge is 0.355 e. The SMILES string of the molecule is COC(CC#CBr)OC. The van der Waals surface area contributed by atoms with Gasteiger partial charge in [0.1, 0.15) is 0 Å². The molecule has 0 spiro atoms. The summed E-state index contributed by atoms with van der Waals surface area (Å²) in [6, 6.07) is 0. The first-order valence-electron chi connectivity index (χ1n) is 2.49. The predicted molar refractivity (Wildman–Crippen MR) is 39.1 cm³/mol. The van der Waals surface area contributed by atoms with Crippen molar-refractivity contribution in [3.63, 3.8) is 0 Å². The van der Waals surface area contributed by atoms with E-state index in [1.807, 2.05) is 0 Å². The number of hydrogen-bond acceptors (Lipinski definition) is 2. The van der Waals surface area contributed by atoms with Gasteiger partial charge in [-0.3, -0.25) is 0 Å². The third-order valence-corrected chi connectivity index (χ3v) is 1.14. The molecule has 0 aliphatic heterocycles. The summed E-state index contributed by atoms with van der Waals surface area (Å²) in [7, 11) is 3.17. The van der Waals surface area contributed by atoms with Crippen molar-refractivity contribution in [2.24, 2.45) is 0 Å². The molecule has 0 aromatic carbocycles. The molecule has 0 aromatic heterocycles. The van der Waals surface area contributed by atoms with Crippen LogP contribution in [0.4, 0.5) is 0 Å². The van der Waals surface area contributed by atoms with Gasteiger partial charge in [0.2, 0.25) is 0 Å². The molecule has 0 saturated carbocycles. The standard InChI is InChI=1S/C6H9BrO2/c1-8-6(9-2)4-3-5-7/h6H,4H2,1-2H3. The second-order valence-electron chi connectivity index (χ2n) is 1.38. The van der Waals surface area contributed by atoms with Crippen molar-refractivity contribution < 1.29 is 9.47 Å². The van der Waals surface area contributed by atoms with Gasteiger partial charge in [-0.05, 0) is 4.83 Å². The van der Waals surface area contributed by atoms with Gasteiger partial charge in [-0.1, -0.05) is 5.92 Å². The fourth-order valence-corrected chi connectivity index (χ4v) is 0.547. The molecule has 0 aromatic rings. The maximum atomic E-state index is 4.86. The Hall–Kier alpha value is -0.0400. The van der Waals surface area contributed by atoms with E-state index in [0.29, 0.717) is 6.42 Å². The van der Waals surface area contributed by atoms with Gasteiger partial charge in [-0.25, -0.2) is 0 Å². The normalized spacial score (nSPS) is 8.89. The Balaban J connectivity index is 3.39. The Morgan fingerprint density at radius 3 is 2.33 bits per heavy atom. The van der Waals surface area contributed by atoms with E-state index >= 15 is 0 Å². The van der Waals surface area contributed by atoms with E-state index in [9.17, 15) is 0 Å². The molecular formula is C6H9BrO2. The molecule has 0 amide bonds. The van der Waals surface area contributed by atoms with E-state index in [1.54, 1.807) is 14.2 Å². The number of hydrogen-bond donors (Lipinski definition) is 0. The molecule has 0 radical (unpaired) electrons. The summed E-state index contributed by atoms with van der Waals surface area (Å²) in [4.78, 5) is 2.57. The number of halogens is 1. The minimum absolute atomic E-state index is 0.199. The van der Waals surface area contributed by atoms with E-state index in [-0.39, 0.29) is 6.29 Å². The average Bonchev–Trinajstić information content (AvgIpc) is 1.91. The summed E-state index contributed by atoms with van der Waals surface area (Å²) in [6.45, 7) is 0. The zero-order valence-corrected chi connectivity index (χ0v) is 7.06. The van der Waals surface area contributed by atoms with Crippen molar-refractivity contribution in [2.45, 2.75) is 12.7 Å². The number of rotatable bonds is 3. The van der Waals surface area contributed by atoms with Gasteiger partial charge in [-0.15, -0.1) is 0 Å². The van der Waals surface area contributed by atoms with Crippen LogP contribution in [0.5, 0.6) is 0 Å². The van der Waals surface area contributed by atoms with Crippen LogP contribution in [0.15, 0.2) is 0 Å². The zero-order valence-electron chi connectivity index (χ0n) is 5.48. The summed E-state index contributed by atoms with van der Waals surface area (Å²) in [6.07, 6.45) is 0.396. The van der Waals surface area contributed by atoms with Gasteiger partial charge in [0.25, 0.3) is 0 Å². The van der Waals surface area contributed by atoms with Crippen molar-refractivity contribution in [3.05, 3.63) is 0 Å². The second-order valence-corrected chi connectivity index (χ2v) is 1.77. The van der Waals surface area contributed by atoms with Gasteiger partial charge in [0, 0.05) is 30.1 Å². The molecule has 52 valence electrons. The van der Waals surface area contributed by atoms with E-state index < -0.39 is 0 Å². The van der Waals surface area contributed by atoms with Gasteiger partial charge >= 0.3 is 0 Å². The highest BCUT2D eigenvalue weighted by Crippen LogP contribution is 1.95. The van der Waals surface area contributed by atoms with E-state index in [4.69, 9.17) is 9.47 Å². The fourth-order valence-electron chi connectivity index (χ4n) is 0.385. The highest BCUT2D eigenvalue weighted by atomic mass is 79.9. The van der Waals surface area contributed by atoms with Crippen LogP contribution < -0.4 is 0 Å². The Kier molecular flexibility index (Phi) is 6.06. The molecular weight excluding hydrogens is 184 g/mol. The van der Waals surface area contributed by atoms with Crippen LogP contribution >= 0.6 is 15.9 Å². The molecule has 0 aliphatic carbocycles. The number of methoxy groups -OCH3 is 2. The van der Waals surface area contributed by atoms with Gasteiger partial charge in [0.15, 0.2) is 6.29 Å². The Bertz CT molecular complexity index is 110. The lowest BCUT2D eigenvalue weighted by molar-refractivity contribution is -0.0972. The molecule has 0 fully saturated rings. The monoisotopic (exact) mass is 192 g/mol. The molecule has 9 heavy (non-hydrogen) atoms. The van der Waals surface area contributed by atoms with Gasteiger partial charge in [0.05, 0.1) is 6.42 Å². The molecule has 0 heterocycles. The highest BCUT2D eigenvalue weighted by molar-refractivity contribution is 9.12. The van der Waals surface area contributed by atoms with Crippen LogP contribution in [0.2, 0.25) is 0 Å². The number of ether oxygens (including phenoxy) is 2. The first kappa shape index (κ1) is 8.96. The lowest BCUT2D eigenvalue weighted by Crippen LogP contribution is -2.11. The lowest BCUT2D eigenvalue weighted by Gasteiger charge is -2.07. The molecule has 0 bridgehead atoms. The van der Waals surface area contributed by atoms with Crippen LogP contribution in [0, 0.1) is 10.8 Å². The summed E-state index contributed by atoms with van der Waals surface area (Å²) >= 11 is 2.96. The third-order valence-electron chi connectivity index (χ3n) is 0.861. The van der Waals surface area contributed by atoms with Gasteiger partial charge < -0.3 is 9.47 Å². The Labute approximate surface area is 63.7 Å². The summed E-state index contributed by atoms with van der Waals surface area (Å²) < 4.78 is 9.71. The highest BCUT2D eigenvalue weighted by Gasteiger charge is 1.99. The fraction of sp³-hybridized carbons (Fsp3) is 0.667. The molecule has 0 N–H and O–H groups in total. The summed E-state index contributed by atoms with van der Waals surface area (Å²) in [5.74, 6) is 2.77.